The second-order valence-corrected chi connectivity index (χ2v) is 6.17. The molecule has 0 aromatic heterocycles. The maximum absolute atomic E-state index is 12.3. The van der Waals surface area contributed by atoms with Gasteiger partial charge in [-0.05, 0) is 18.1 Å². The smallest absolute Gasteiger partial charge is 0.170 e. The Balaban J connectivity index is 3.25. The Morgan fingerprint density at radius 2 is 1.74 bits per heavy atom. The van der Waals surface area contributed by atoms with E-state index in [1.165, 1.54) is 20.3 Å². The molecule has 0 fully saturated rings. The summed E-state index contributed by atoms with van der Waals surface area (Å²) in [5, 5.41) is 0.603. The van der Waals surface area contributed by atoms with E-state index in [9.17, 15) is 4.79 Å². The summed E-state index contributed by atoms with van der Waals surface area (Å²) in [6.45, 7) is 2.03. The van der Waals surface area contributed by atoms with Gasteiger partial charge in [0.05, 0.1) is 24.3 Å². The highest BCUT2D eigenvalue weighted by atomic mass is 35.5. The van der Waals surface area contributed by atoms with Crippen LogP contribution >= 0.6 is 32.4 Å². The third-order valence-corrected chi connectivity index (χ3v) is 3.55. The summed E-state index contributed by atoms with van der Waals surface area (Å²) in [4.78, 5) is 12.3. The van der Waals surface area contributed by atoms with Gasteiger partial charge in [-0.25, -0.2) is 0 Å². The number of carbonyl (C=O) groups is 1. The van der Waals surface area contributed by atoms with Crippen molar-refractivity contribution < 1.29 is 14.3 Å². The monoisotopic (exact) mass is 322 g/mol. The Labute approximate surface area is 125 Å². The summed E-state index contributed by atoms with van der Waals surface area (Å²) in [5.41, 5.74) is 0.670. The predicted molar refractivity (Wildman–Crippen MR) is 82.3 cm³/mol. The molecule has 1 aromatic carbocycles. The fourth-order valence-electron chi connectivity index (χ4n) is 1.72. The Morgan fingerprint density at radius 3 is 2.11 bits per heavy atom. The molecule has 0 aliphatic rings. The zero-order valence-corrected chi connectivity index (χ0v) is 13.8. The van der Waals surface area contributed by atoms with Crippen LogP contribution in [0, 0.1) is 0 Å². The average Bonchev–Trinajstić information content (AvgIpc) is 2.35. The molecule has 0 saturated heterocycles. The molecule has 1 rings (SSSR count). The number of carbonyl (C=O) groups excluding carboxylic acids is 1. The number of benzene rings is 1. The second-order valence-electron chi connectivity index (χ2n) is 4.22. The number of rotatable bonds is 6. The lowest BCUT2D eigenvalue weighted by atomic mass is 10.0. The minimum Gasteiger partial charge on any atom is -0.494 e. The van der Waals surface area contributed by atoms with Crippen molar-refractivity contribution >= 4 is 38.2 Å². The second kappa shape index (κ2) is 7.33. The molecule has 0 aliphatic carbocycles. The first kappa shape index (κ1) is 16.6. The highest BCUT2D eigenvalue weighted by Crippen LogP contribution is 2.41. The molecule has 0 heterocycles. The van der Waals surface area contributed by atoms with E-state index in [4.69, 9.17) is 32.7 Å². The van der Waals surface area contributed by atoms with Gasteiger partial charge in [-0.15, -0.1) is 9.24 Å². The molecule has 2 unspecified atom stereocenters. The van der Waals surface area contributed by atoms with Crippen LogP contribution in [0.4, 0.5) is 0 Å². The van der Waals surface area contributed by atoms with E-state index in [-0.39, 0.29) is 5.78 Å². The maximum Gasteiger partial charge on any atom is 0.170 e. The lowest BCUT2D eigenvalue weighted by Gasteiger charge is -2.15. The van der Waals surface area contributed by atoms with Gasteiger partial charge in [0.2, 0.25) is 0 Å². The van der Waals surface area contributed by atoms with Crippen LogP contribution in [0.25, 0.3) is 0 Å². The minimum atomic E-state index is -0.0904. The Kier molecular flexibility index (Phi) is 6.38. The van der Waals surface area contributed by atoms with Gasteiger partial charge in [0.1, 0.15) is 5.56 Å². The summed E-state index contributed by atoms with van der Waals surface area (Å²) >= 11 is 12.1. The average molecular weight is 323 g/mol. The van der Waals surface area contributed by atoms with E-state index in [0.29, 0.717) is 39.2 Å². The molecule has 0 spiro atoms. The SMILES string of the molecule is COc1c(Cl)cc(Cl)c(OC)c1C(=O)CCC(C)P. The first-order valence-corrected chi connectivity index (χ1v) is 7.23. The van der Waals surface area contributed by atoms with Crippen LogP contribution in [0.1, 0.15) is 30.1 Å². The molecule has 3 nitrogen and oxygen atoms in total. The van der Waals surface area contributed by atoms with E-state index < -0.39 is 0 Å². The van der Waals surface area contributed by atoms with Gasteiger partial charge in [-0.3, -0.25) is 4.79 Å². The summed E-state index contributed by atoms with van der Waals surface area (Å²) in [6.07, 6.45) is 1.13. The first-order valence-electron chi connectivity index (χ1n) is 5.81. The molecule has 0 aliphatic heterocycles. The summed E-state index contributed by atoms with van der Waals surface area (Å²) < 4.78 is 10.4. The third kappa shape index (κ3) is 3.98. The van der Waals surface area contributed by atoms with Crippen molar-refractivity contribution in [2.45, 2.75) is 25.4 Å². The normalized spacial score (nSPS) is 12.1. The zero-order valence-electron chi connectivity index (χ0n) is 11.1. The van der Waals surface area contributed by atoms with Crippen LogP contribution in [0.15, 0.2) is 6.07 Å². The number of hydrogen-bond acceptors (Lipinski definition) is 3. The molecule has 0 radical (unpaired) electrons. The van der Waals surface area contributed by atoms with E-state index >= 15 is 0 Å². The fraction of sp³-hybridized carbons (Fsp3) is 0.462. The molecule has 0 saturated carbocycles. The summed E-state index contributed by atoms with van der Waals surface area (Å²) in [7, 11) is 5.58. The van der Waals surface area contributed by atoms with Crippen molar-refractivity contribution in [1.29, 1.82) is 0 Å². The lowest BCUT2D eigenvalue weighted by Crippen LogP contribution is -2.08. The Morgan fingerprint density at radius 1 is 1.26 bits per heavy atom. The largest absolute Gasteiger partial charge is 0.494 e. The summed E-state index contributed by atoms with van der Waals surface area (Å²) in [5.74, 6) is 0.529. The lowest BCUT2D eigenvalue weighted by molar-refractivity contribution is 0.0974. The van der Waals surface area contributed by atoms with E-state index in [1.807, 2.05) is 6.92 Å². The third-order valence-electron chi connectivity index (χ3n) is 2.66. The molecule has 106 valence electrons. The number of Topliss-reactive ketones (excluding diaryl/α,β-unsaturated/α-hetero) is 1. The van der Waals surface area contributed by atoms with Crippen molar-refractivity contribution in [3.05, 3.63) is 21.7 Å². The van der Waals surface area contributed by atoms with Gasteiger partial charge in [-0.2, -0.15) is 0 Å². The predicted octanol–water partition coefficient (Wildman–Crippen LogP) is 4.24. The van der Waals surface area contributed by atoms with Crippen LogP contribution < -0.4 is 9.47 Å². The van der Waals surface area contributed by atoms with Crippen LogP contribution in [0.5, 0.6) is 11.5 Å². The van der Waals surface area contributed by atoms with Crippen molar-refractivity contribution in [2.24, 2.45) is 0 Å². The van der Waals surface area contributed by atoms with Crippen molar-refractivity contribution in [3.63, 3.8) is 0 Å². The number of ketones is 1. The Bertz CT molecular complexity index is 447. The molecule has 0 amide bonds. The molecule has 2 atom stereocenters. The van der Waals surface area contributed by atoms with Gasteiger partial charge in [-0.1, -0.05) is 30.1 Å². The van der Waals surface area contributed by atoms with E-state index in [1.54, 1.807) is 0 Å². The van der Waals surface area contributed by atoms with E-state index in [0.717, 1.165) is 6.42 Å². The molecule has 0 N–H and O–H groups in total. The molecule has 19 heavy (non-hydrogen) atoms. The van der Waals surface area contributed by atoms with Crippen LogP contribution in [-0.2, 0) is 0 Å². The molecular formula is C13H17Cl2O3P. The quantitative estimate of drug-likeness (QED) is 0.580. The zero-order chi connectivity index (χ0) is 14.6. The van der Waals surface area contributed by atoms with Gasteiger partial charge < -0.3 is 9.47 Å². The van der Waals surface area contributed by atoms with Gasteiger partial charge in [0.25, 0.3) is 0 Å². The van der Waals surface area contributed by atoms with Crippen molar-refractivity contribution in [1.82, 2.24) is 0 Å². The molecular weight excluding hydrogens is 306 g/mol. The van der Waals surface area contributed by atoms with Gasteiger partial charge in [0.15, 0.2) is 17.3 Å². The first-order chi connectivity index (χ1) is 8.92. The van der Waals surface area contributed by atoms with Gasteiger partial charge in [0, 0.05) is 6.42 Å². The standard InChI is InChI=1S/C13H17Cl2O3P/c1-7(19)4-5-10(16)11-12(17-2)8(14)6-9(15)13(11)18-3/h6-7H,4-5,19H2,1-3H3. The summed E-state index contributed by atoms with van der Waals surface area (Å²) in [6, 6.07) is 1.51. The van der Waals surface area contributed by atoms with Crippen molar-refractivity contribution in [2.75, 3.05) is 14.2 Å². The molecule has 6 heteroatoms. The topological polar surface area (TPSA) is 35.5 Å². The minimum absolute atomic E-state index is 0.0904. The van der Waals surface area contributed by atoms with Crippen LogP contribution in [0.3, 0.4) is 0 Å². The fourth-order valence-corrected chi connectivity index (χ4v) is 2.50. The van der Waals surface area contributed by atoms with Crippen molar-refractivity contribution in [3.8, 4) is 11.5 Å². The maximum atomic E-state index is 12.3. The number of halogens is 2. The van der Waals surface area contributed by atoms with Gasteiger partial charge >= 0.3 is 0 Å². The van der Waals surface area contributed by atoms with E-state index in [2.05, 4.69) is 9.24 Å². The van der Waals surface area contributed by atoms with Crippen LogP contribution in [0.2, 0.25) is 10.0 Å². The highest BCUT2D eigenvalue weighted by molar-refractivity contribution is 7.17. The molecule has 1 aromatic rings. The number of methoxy groups -OCH3 is 2. The molecule has 0 bridgehead atoms. The number of hydrogen-bond donors (Lipinski definition) is 0. The Hall–Kier alpha value is -0.500. The highest BCUT2D eigenvalue weighted by Gasteiger charge is 2.23. The van der Waals surface area contributed by atoms with Crippen LogP contribution in [-0.4, -0.2) is 25.7 Å². The number of ether oxygens (including phenoxy) is 2.